The number of hydrogen-bond acceptors (Lipinski definition) is 4. The number of likely N-dealkylation sites (tertiary alicyclic amines) is 1. The molecule has 0 unspecified atom stereocenters. The Balaban J connectivity index is 1.43. The summed E-state index contributed by atoms with van der Waals surface area (Å²) in [4.78, 5) is 6.47. The number of nitrogens with zero attached hydrogens (tertiary/aromatic N) is 2. The van der Waals surface area contributed by atoms with Crippen LogP contribution in [0.3, 0.4) is 0 Å². The van der Waals surface area contributed by atoms with E-state index in [0.29, 0.717) is 12.6 Å². The minimum atomic E-state index is -0.192. The van der Waals surface area contributed by atoms with Crippen LogP contribution in [0.4, 0.5) is 4.39 Å². The van der Waals surface area contributed by atoms with Crippen LogP contribution in [-0.2, 0) is 22.6 Å². The molecule has 3 heterocycles. The molecule has 0 amide bonds. The van der Waals surface area contributed by atoms with Gasteiger partial charge >= 0.3 is 0 Å². The van der Waals surface area contributed by atoms with Gasteiger partial charge in [-0.25, -0.2) is 4.39 Å². The summed E-state index contributed by atoms with van der Waals surface area (Å²) in [6.07, 6.45) is 5.97. The van der Waals surface area contributed by atoms with E-state index < -0.39 is 0 Å². The predicted octanol–water partition coefficient (Wildman–Crippen LogP) is 3.17. The number of hydrogen-bond donors (Lipinski definition) is 0. The summed E-state index contributed by atoms with van der Waals surface area (Å²) in [6.45, 7) is 3.03. The van der Waals surface area contributed by atoms with Crippen molar-refractivity contribution in [2.24, 2.45) is 0 Å². The van der Waals surface area contributed by atoms with Gasteiger partial charge in [0.05, 0.1) is 12.7 Å². The van der Waals surface area contributed by atoms with Crippen LogP contribution in [0.1, 0.15) is 24.0 Å². The summed E-state index contributed by atoms with van der Waals surface area (Å²) in [5.74, 6) is -0.192. The lowest BCUT2D eigenvalue weighted by Gasteiger charge is -2.32. The van der Waals surface area contributed by atoms with Crippen LogP contribution in [-0.4, -0.2) is 41.3 Å². The molecule has 1 aromatic heterocycles. The molecule has 2 aliphatic rings. The van der Waals surface area contributed by atoms with Crippen LogP contribution < -0.4 is 0 Å². The number of benzene rings is 1. The maximum Gasteiger partial charge on any atom is 0.123 e. The molecule has 0 N–H and O–H groups in total. The van der Waals surface area contributed by atoms with Crippen LogP contribution in [0, 0.1) is 5.82 Å². The molecule has 1 aromatic carbocycles. The zero-order valence-corrected chi connectivity index (χ0v) is 14.2. The minimum Gasteiger partial charge on any atom is -0.374 e. The molecule has 132 valence electrons. The third-order valence-corrected chi connectivity index (χ3v) is 5.10. The zero-order chi connectivity index (χ0) is 17.1. The van der Waals surface area contributed by atoms with Gasteiger partial charge in [0, 0.05) is 38.1 Å². The van der Waals surface area contributed by atoms with Crippen molar-refractivity contribution in [3.63, 3.8) is 0 Å². The summed E-state index contributed by atoms with van der Waals surface area (Å²) >= 11 is 0. The standard InChI is InChI=1S/C20H23FN2O2/c21-17-5-3-15(4-6-17)12-23-13-19(20-18(23)2-1-11-24-20)25-14-16-7-9-22-10-8-16/h3-10,18-20H,1-2,11-14H2/t18-,19-,20+/m1/s1. The summed E-state index contributed by atoms with van der Waals surface area (Å²) < 4.78 is 25.4. The second-order valence-corrected chi connectivity index (χ2v) is 6.81. The van der Waals surface area contributed by atoms with Crippen LogP contribution in [0.25, 0.3) is 0 Å². The smallest absolute Gasteiger partial charge is 0.123 e. The average Bonchev–Trinajstić information content (AvgIpc) is 3.01. The maximum atomic E-state index is 13.1. The van der Waals surface area contributed by atoms with E-state index in [1.54, 1.807) is 12.4 Å². The molecule has 3 atom stereocenters. The van der Waals surface area contributed by atoms with Crippen molar-refractivity contribution in [2.45, 2.75) is 44.2 Å². The zero-order valence-electron chi connectivity index (χ0n) is 14.2. The van der Waals surface area contributed by atoms with Crippen LogP contribution >= 0.6 is 0 Å². The van der Waals surface area contributed by atoms with E-state index >= 15 is 0 Å². The van der Waals surface area contributed by atoms with Crippen LogP contribution in [0.5, 0.6) is 0 Å². The Kier molecular flexibility index (Phi) is 5.06. The lowest BCUT2D eigenvalue weighted by atomic mass is 10.0. The number of rotatable bonds is 5. The number of fused-ring (bicyclic) bond motifs is 1. The van der Waals surface area contributed by atoms with Gasteiger partial charge in [0.15, 0.2) is 0 Å². The van der Waals surface area contributed by atoms with E-state index in [0.717, 1.165) is 43.7 Å². The van der Waals surface area contributed by atoms with Crippen molar-refractivity contribution < 1.29 is 13.9 Å². The molecule has 2 saturated heterocycles. The van der Waals surface area contributed by atoms with E-state index in [1.807, 2.05) is 24.3 Å². The molecular weight excluding hydrogens is 319 g/mol. The van der Waals surface area contributed by atoms with Crippen molar-refractivity contribution in [3.05, 3.63) is 65.7 Å². The summed E-state index contributed by atoms with van der Waals surface area (Å²) in [6, 6.07) is 11.1. The van der Waals surface area contributed by atoms with Gasteiger partial charge in [-0.3, -0.25) is 9.88 Å². The highest BCUT2D eigenvalue weighted by Gasteiger charge is 2.44. The lowest BCUT2D eigenvalue weighted by Crippen LogP contribution is -2.41. The quantitative estimate of drug-likeness (QED) is 0.836. The number of halogens is 1. The molecular formula is C20H23FN2O2. The normalized spacial score (nSPS) is 26.5. The molecule has 2 aromatic rings. The van der Waals surface area contributed by atoms with E-state index in [1.165, 1.54) is 12.1 Å². The number of ether oxygens (including phenoxy) is 2. The van der Waals surface area contributed by atoms with Crippen LogP contribution in [0.2, 0.25) is 0 Å². The molecule has 5 heteroatoms. The van der Waals surface area contributed by atoms with Gasteiger partial charge in [0.2, 0.25) is 0 Å². The topological polar surface area (TPSA) is 34.6 Å². The minimum absolute atomic E-state index is 0.0684. The molecule has 2 aliphatic heterocycles. The summed E-state index contributed by atoms with van der Waals surface area (Å²) in [5.41, 5.74) is 2.25. The highest BCUT2D eigenvalue weighted by atomic mass is 19.1. The van der Waals surface area contributed by atoms with Gasteiger partial charge in [0.25, 0.3) is 0 Å². The highest BCUT2D eigenvalue weighted by Crippen LogP contribution is 2.32. The summed E-state index contributed by atoms with van der Waals surface area (Å²) in [7, 11) is 0. The molecule has 0 bridgehead atoms. The molecule has 0 spiro atoms. The van der Waals surface area contributed by atoms with Crippen molar-refractivity contribution in [1.29, 1.82) is 0 Å². The average molecular weight is 342 g/mol. The largest absolute Gasteiger partial charge is 0.374 e. The first-order valence-electron chi connectivity index (χ1n) is 8.90. The monoisotopic (exact) mass is 342 g/mol. The van der Waals surface area contributed by atoms with Crippen molar-refractivity contribution in [1.82, 2.24) is 9.88 Å². The molecule has 25 heavy (non-hydrogen) atoms. The third-order valence-electron chi connectivity index (χ3n) is 5.10. The first kappa shape index (κ1) is 16.6. The van der Waals surface area contributed by atoms with Crippen LogP contribution in [0.15, 0.2) is 48.8 Å². The fourth-order valence-corrected chi connectivity index (χ4v) is 3.84. The highest BCUT2D eigenvalue weighted by molar-refractivity contribution is 5.17. The first-order chi connectivity index (χ1) is 12.3. The SMILES string of the molecule is Fc1ccc(CN2C[C@@H](OCc3ccncc3)[C@H]3OCCC[C@H]32)cc1. The number of aromatic nitrogens is 1. The third kappa shape index (κ3) is 3.89. The first-order valence-corrected chi connectivity index (χ1v) is 8.90. The van der Waals surface area contributed by atoms with Gasteiger partial charge in [0.1, 0.15) is 11.9 Å². The number of pyridine rings is 1. The Morgan fingerprint density at radius 3 is 2.72 bits per heavy atom. The molecule has 0 aliphatic carbocycles. The Labute approximate surface area is 147 Å². The van der Waals surface area contributed by atoms with E-state index in [2.05, 4.69) is 9.88 Å². The molecule has 2 fully saturated rings. The van der Waals surface area contributed by atoms with Gasteiger partial charge in [-0.05, 0) is 48.2 Å². The molecule has 4 rings (SSSR count). The van der Waals surface area contributed by atoms with E-state index in [-0.39, 0.29) is 18.0 Å². The predicted molar refractivity (Wildman–Crippen MR) is 92.4 cm³/mol. The second-order valence-electron chi connectivity index (χ2n) is 6.81. The maximum absolute atomic E-state index is 13.1. The molecule has 0 radical (unpaired) electrons. The Morgan fingerprint density at radius 1 is 1.12 bits per heavy atom. The van der Waals surface area contributed by atoms with Gasteiger partial charge in [-0.15, -0.1) is 0 Å². The van der Waals surface area contributed by atoms with Gasteiger partial charge < -0.3 is 9.47 Å². The Bertz CT molecular complexity index is 680. The van der Waals surface area contributed by atoms with Crippen molar-refractivity contribution in [2.75, 3.05) is 13.2 Å². The van der Waals surface area contributed by atoms with Gasteiger partial charge in [-0.2, -0.15) is 0 Å². The second kappa shape index (κ2) is 7.60. The van der Waals surface area contributed by atoms with Crippen molar-refractivity contribution in [3.8, 4) is 0 Å². The van der Waals surface area contributed by atoms with E-state index in [4.69, 9.17) is 9.47 Å². The Hall–Kier alpha value is -1.82. The van der Waals surface area contributed by atoms with Gasteiger partial charge in [-0.1, -0.05) is 12.1 Å². The summed E-state index contributed by atoms with van der Waals surface area (Å²) in [5, 5.41) is 0. The fourth-order valence-electron chi connectivity index (χ4n) is 3.84. The van der Waals surface area contributed by atoms with Crippen molar-refractivity contribution >= 4 is 0 Å². The fraction of sp³-hybridized carbons (Fsp3) is 0.450. The lowest BCUT2D eigenvalue weighted by molar-refractivity contribution is -0.0819. The Morgan fingerprint density at radius 2 is 1.92 bits per heavy atom. The molecule has 0 saturated carbocycles. The molecule has 4 nitrogen and oxygen atoms in total. The van der Waals surface area contributed by atoms with E-state index in [9.17, 15) is 4.39 Å².